The molecule has 0 amide bonds. The molecule has 0 aliphatic rings. The third-order valence-corrected chi connectivity index (χ3v) is 3.85. The van der Waals surface area contributed by atoms with Gasteiger partial charge in [0.1, 0.15) is 5.78 Å². The second-order valence-electron chi connectivity index (χ2n) is 4.84. The molecule has 1 heterocycles. The van der Waals surface area contributed by atoms with Crippen LogP contribution in [-0.4, -0.2) is 15.8 Å². The summed E-state index contributed by atoms with van der Waals surface area (Å²) in [6.45, 7) is 1.99. The highest BCUT2D eigenvalue weighted by atomic mass is 35.5. The Morgan fingerprint density at radius 1 is 1.29 bits per heavy atom. The van der Waals surface area contributed by atoms with E-state index in [9.17, 15) is 4.79 Å². The van der Waals surface area contributed by atoms with Gasteiger partial charge in [0.25, 0.3) is 0 Å². The molecular formula is C16H16Cl2N2O. The number of Topliss-reactive ketones (excluding diaryl/α,β-unsaturated/α-hetero) is 1. The van der Waals surface area contributed by atoms with Crippen molar-refractivity contribution in [2.24, 2.45) is 0 Å². The molecule has 0 aliphatic heterocycles. The summed E-state index contributed by atoms with van der Waals surface area (Å²) < 4.78 is 0. The number of benzene rings is 1. The van der Waals surface area contributed by atoms with Gasteiger partial charge >= 0.3 is 0 Å². The molecule has 0 saturated carbocycles. The van der Waals surface area contributed by atoms with Crippen molar-refractivity contribution >= 4 is 29.0 Å². The third-order valence-electron chi connectivity index (χ3n) is 3.26. The summed E-state index contributed by atoms with van der Waals surface area (Å²) in [5, 5.41) is 1.15. The van der Waals surface area contributed by atoms with E-state index in [0.29, 0.717) is 28.6 Å². The number of nitrogens with zero attached hydrogens (tertiary/aromatic N) is 2. The smallest absolute Gasteiger partial charge is 0.142 e. The van der Waals surface area contributed by atoms with Crippen molar-refractivity contribution in [1.29, 1.82) is 0 Å². The Kier molecular flexibility index (Phi) is 5.71. The van der Waals surface area contributed by atoms with Gasteiger partial charge < -0.3 is 0 Å². The van der Waals surface area contributed by atoms with Gasteiger partial charge in [-0.05, 0) is 30.5 Å². The van der Waals surface area contributed by atoms with Crippen LogP contribution in [0.4, 0.5) is 0 Å². The van der Waals surface area contributed by atoms with Crippen molar-refractivity contribution in [2.75, 3.05) is 0 Å². The van der Waals surface area contributed by atoms with E-state index in [1.807, 2.05) is 13.0 Å². The molecule has 2 aromatic rings. The number of hydrogen-bond acceptors (Lipinski definition) is 3. The number of aromatic nitrogens is 2. The van der Waals surface area contributed by atoms with Crippen LogP contribution in [0.2, 0.25) is 10.0 Å². The number of ketones is 1. The Hall–Kier alpha value is -1.45. The van der Waals surface area contributed by atoms with E-state index < -0.39 is 0 Å². The van der Waals surface area contributed by atoms with Gasteiger partial charge in [0.15, 0.2) is 0 Å². The van der Waals surface area contributed by atoms with Crippen LogP contribution in [0, 0.1) is 0 Å². The molecule has 0 radical (unpaired) electrons. The van der Waals surface area contributed by atoms with Crippen LogP contribution in [0.1, 0.15) is 36.9 Å². The topological polar surface area (TPSA) is 42.9 Å². The zero-order chi connectivity index (χ0) is 15.2. The number of carbonyl (C=O) groups is 1. The minimum atomic E-state index is -0.322. The molecule has 0 spiro atoms. The minimum Gasteiger partial charge on any atom is -0.299 e. The molecular weight excluding hydrogens is 307 g/mol. The second-order valence-corrected chi connectivity index (χ2v) is 5.68. The summed E-state index contributed by atoms with van der Waals surface area (Å²) in [4.78, 5) is 20.7. The molecule has 3 nitrogen and oxygen atoms in total. The molecule has 1 aromatic heterocycles. The van der Waals surface area contributed by atoms with E-state index in [2.05, 4.69) is 9.97 Å². The lowest BCUT2D eigenvalue weighted by molar-refractivity contribution is -0.120. The van der Waals surface area contributed by atoms with Gasteiger partial charge in [-0.25, -0.2) is 0 Å². The van der Waals surface area contributed by atoms with Crippen molar-refractivity contribution in [3.8, 4) is 0 Å². The predicted octanol–water partition coefficient (Wildman–Crippen LogP) is 4.48. The zero-order valence-electron chi connectivity index (χ0n) is 11.7. The molecule has 0 saturated heterocycles. The zero-order valence-corrected chi connectivity index (χ0v) is 13.2. The lowest BCUT2D eigenvalue weighted by Gasteiger charge is -2.15. The normalized spacial score (nSPS) is 12.1. The first-order valence-corrected chi connectivity index (χ1v) is 7.60. The molecule has 110 valence electrons. The summed E-state index contributed by atoms with van der Waals surface area (Å²) in [5.74, 6) is -0.165. The van der Waals surface area contributed by atoms with E-state index in [1.54, 1.807) is 30.7 Å². The lowest BCUT2D eigenvalue weighted by Crippen LogP contribution is -2.16. The highest BCUT2D eigenvalue weighted by molar-refractivity contribution is 6.35. The quantitative estimate of drug-likeness (QED) is 0.787. The Morgan fingerprint density at radius 2 is 2.10 bits per heavy atom. The summed E-state index contributed by atoms with van der Waals surface area (Å²) in [7, 11) is 0. The monoisotopic (exact) mass is 322 g/mol. The first-order chi connectivity index (χ1) is 10.1. The maximum atomic E-state index is 12.4. The summed E-state index contributed by atoms with van der Waals surface area (Å²) in [5.41, 5.74) is 1.57. The fourth-order valence-corrected chi connectivity index (χ4v) is 2.69. The van der Waals surface area contributed by atoms with E-state index in [1.165, 1.54) is 0 Å². The standard InChI is InChI=1S/C16H16Cl2N2O/c1-2-3-16(21)13(15-10-19-6-7-20-15)8-11-4-5-12(17)9-14(11)18/h4-7,9-10,13H,2-3,8H2,1H3. The van der Waals surface area contributed by atoms with Gasteiger partial charge in [-0.3, -0.25) is 14.8 Å². The number of carbonyl (C=O) groups excluding carboxylic acids is 1. The summed E-state index contributed by atoms with van der Waals surface area (Å²) in [6, 6.07) is 5.32. The van der Waals surface area contributed by atoms with Crippen molar-refractivity contribution in [2.45, 2.75) is 32.1 Å². The fourth-order valence-electron chi connectivity index (χ4n) is 2.20. The highest BCUT2D eigenvalue weighted by Gasteiger charge is 2.22. The molecule has 0 fully saturated rings. The first kappa shape index (κ1) is 15.9. The maximum Gasteiger partial charge on any atom is 0.142 e. The van der Waals surface area contributed by atoms with Crippen molar-refractivity contribution in [1.82, 2.24) is 9.97 Å². The van der Waals surface area contributed by atoms with Crippen LogP contribution in [-0.2, 0) is 11.2 Å². The molecule has 0 N–H and O–H groups in total. The Bertz CT molecular complexity index is 617. The van der Waals surface area contributed by atoms with Gasteiger partial charge in [-0.1, -0.05) is 36.2 Å². The van der Waals surface area contributed by atoms with Gasteiger partial charge in [-0.2, -0.15) is 0 Å². The number of halogens is 2. The van der Waals surface area contributed by atoms with Crippen molar-refractivity contribution in [3.05, 3.63) is 58.1 Å². The largest absolute Gasteiger partial charge is 0.299 e. The van der Waals surface area contributed by atoms with Gasteiger partial charge in [-0.15, -0.1) is 0 Å². The molecule has 0 aliphatic carbocycles. The average Bonchev–Trinajstić information content (AvgIpc) is 2.47. The van der Waals surface area contributed by atoms with E-state index in [-0.39, 0.29) is 11.7 Å². The first-order valence-electron chi connectivity index (χ1n) is 6.84. The van der Waals surface area contributed by atoms with Gasteiger partial charge in [0.2, 0.25) is 0 Å². The SMILES string of the molecule is CCCC(=O)C(Cc1ccc(Cl)cc1Cl)c1cnccn1. The molecule has 2 rings (SSSR count). The fraction of sp³-hybridized carbons (Fsp3) is 0.312. The molecule has 1 unspecified atom stereocenters. The molecule has 1 atom stereocenters. The van der Waals surface area contributed by atoms with E-state index in [4.69, 9.17) is 23.2 Å². The van der Waals surface area contributed by atoms with Crippen molar-refractivity contribution < 1.29 is 4.79 Å². The van der Waals surface area contributed by atoms with Gasteiger partial charge in [0, 0.05) is 35.1 Å². The van der Waals surface area contributed by atoms with Crippen molar-refractivity contribution in [3.63, 3.8) is 0 Å². The Balaban J connectivity index is 2.30. The highest BCUT2D eigenvalue weighted by Crippen LogP contribution is 2.28. The third kappa shape index (κ3) is 4.26. The van der Waals surface area contributed by atoms with Gasteiger partial charge in [0.05, 0.1) is 11.6 Å². The Morgan fingerprint density at radius 3 is 2.71 bits per heavy atom. The Labute approximate surface area is 134 Å². The van der Waals surface area contributed by atoms with Crippen LogP contribution in [0.5, 0.6) is 0 Å². The molecule has 21 heavy (non-hydrogen) atoms. The lowest BCUT2D eigenvalue weighted by atomic mass is 9.90. The van der Waals surface area contributed by atoms with E-state index >= 15 is 0 Å². The van der Waals surface area contributed by atoms with Crippen LogP contribution in [0.3, 0.4) is 0 Å². The average molecular weight is 323 g/mol. The number of hydrogen-bond donors (Lipinski definition) is 0. The van der Waals surface area contributed by atoms with Crippen LogP contribution >= 0.6 is 23.2 Å². The summed E-state index contributed by atoms with van der Waals surface area (Å²) in [6.07, 6.45) is 6.68. The van der Waals surface area contributed by atoms with Crippen LogP contribution in [0.25, 0.3) is 0 Å². The molecule has 1 aromatic carbocycles. The predicted molar refractivity (Wildman–Crippen MR) is 84.9 cm³/mol. The minimum absolute atomic E-state index is 0.156. The molecule has 0 bridgehead atoms. The summed E-state index contributed by atoms with van der Waals surface area (Å²) >= 11 is 12.1. The van der Waals surface area contributed by atoms with Crippen LogP contribution < -0.4 is 0 Å². The van der Waals surface area contributed by atoms with Crippen LogP contribution in [0.15, 0.2) is 36.8 Å². The second kappa shape index (κ2) is 7.53. The maximum absolute atomic E-state index is 12.4. The van der Waals surface area contributed by atoms with E-state index in [0.717, 1.165) is 12.0 Å². The molecule has 5 heteroatoms. The number of rotatable bonds is 6.